The van der Waals surface area contributed by atoms with Crippen molar-refractivity contribution in [3.05, 3.63) is 169 Å². The molecule has 10 rings (SSSR count). The molecule has 0 spiro atoms. The molecule has 0 atom stereocenters. The molecule has 0 radical (unpaired) electrons. The highest BCUT2D eigenvalue weighted by Gasteiger charge is 2.36. The molecular formula is C47H32O. The van der Waals surface area contributed by atoms with Crippen LogP contribution < -0.4 is 4.74 Å². The van der Waals surface area contributed by atoms with Gasteiger partial charge in [0.2, 0.25) is 0 Å². The Balaban J connectivity index is 1.09. The maximum absolute atomic E-state index is 9.26. The Morgan fingerprint density at radius 2 is 1.12 bits per heavy atom. The lowest BCUT2D eigenvalue weighted by atomic mass is 9.81. The smallest absolute Gasteiger partial charge is 0.135 e. The zero-order chi connectivity index (χ0) is 39.8. The molecule has 0 N–H and O–H groups in total. The fourth-order valence-electron chi connectivity index (χ4n) is 7.57. The Hall–Kier alpha value is -5.92. The molecule has 1 nitrogen and oxygen atoms in total. The minimum Gasteiger partial charge on any atom is -0.456 e. The van der Waals surface area contributed by atoms with Gasteiger partial charge in [-0.05, 0) is 114 Å². The van der Waals surface area contributed by atoms with E-state index in [0.29, 0.717) is 44.5 Å². The average molecular weight is 622 g/mol. The van der Waals surface area contributed by atoms with E-state index in [-0.39, 0.29) is 58.4 Å². The highest BCUT2D eigenvalue weighted by atomic mass is 16.5. The SMILES string of the molecule is [2H]c1c([2H])c([2H])c(-c2ccc3c4c(cccc24)-c2cc(-c4c([2H])c([2H])c(-c5ccc6c(c5)C(C)(C)c5cc7ccccc7cc5-6)c([2H])c4[2H])ccc2O3)c([2H])c1[2H]. The van der Waals surface area contributed by atoms with Crippen LogP contribution in [0.2, 0.25) is 0 Å². The second-order valence-electron chi connectivity index (χ2n) is 13.0. The van der Waals surface area contributed by atoms with Crippen LogP contribution in [-0.2, 0) is 5.41 Å². The van der Waals surface area contributed by atoms with Gasteiger partial charge < -0.3 is 4.74 Å². The Morgan fingerprint density at radius 3 is 1.92 bits per heavy atom. The number of benzene rings is 8. The fraction of sp³-hybridized carbons (Fsp3) is 0.0638. The van der Waals surface area contributed by atoms with Crippen LogP contribution >= 0.6 is 0 Å². The maximum atomic E-state index is 9.26. The third-order valence-electron chi connectivity index (χ3n) is 10.0. The molecule has 1 aliphatic carbocycles. The molecular weight excluding hydrogens is 581 g/mol. The minimum atomic E-state index is -0.459. The number of hydrogen-bond donors (Lipinski definition) is 0. The summed E-state index contributed by atoms with van der Waals surface area (Å²) in [7, 11) is 0. The number of fused-ring (bicyclic) bond motifs is 6. The standard InChI is InChI=1S/C47H32O/c1-47(2)42-28-35(19-21-37(42)40-25-32-11-6-7-12-33(32)27-43(40)47)30-17-15-29(16-18-30)34-20-23-44-41(26-34)39-14-8-13-38-36(31-9-4-3-5-10-31)22-24-45(48-44)46(38)39/h3-28H,1-2H3/i3D,4D,5D,9D,10D,15D,16D,17D,18D. The van der Waals surface area contributed by atoms with Gasteiger partial charge in [0, 0.05) is 16.4 Å². The summed E-state index contributed by atoms with van der Waals surface area (Å²) in [5, 5.41) is 3.66. The van der Waals surface area contributed by atoms with Crippen molar-refractivity contribution < 1.29 is 17.1 Å². The van der Waals surface area contributed by atoms with Gasteiger partial charge in [-0.1, -0.05) is 135 Å². The molecule has 0 fully saturated rings. The van der Waals surface area contributed by atoms with Crippen LogP contribution in [0.5, 0.6) is 11.5 Å². The molecule has 0 bridgehead atoms. The van der Waals surface area contributed by atoms with Gasteiger partial charge in [-0.15, -0.1) is 0 Å². The molecule has 0 amide bonds. The van der Waals surface area contributed by atoms with E-state index in [2.05, 4.69) is 38.1 Å². The molecule has 226 valence electrons. The Labute approximate surface area is 293 Å². The van der Waals surface area contributed by atoms with Crippen LogP contribution in [0.3, 0.4) is 0 Å². The zero-order valence-corrected chi connectivity index (χ0v) is 26.2. The van der Waals surface area contributed by atoms with E-state index in [1.165, 1.54) is 10.9 Å². The first-order chi connectivity index (χ1) is 27.3. The maximum Gasteiger partial charge on any atom is 0.135 e. The predicted octanol–water partition coefficient (Wildman–Crippen LogP) is 13.1. The third-order valence-corrected chi connectivity index (χ3v) is 10.0. The quantitative estimate of drug-likeness (QED) is 0.191. The number of rotatable bonds is 3. The molecule has 1 heteroatoms. The first kappa shape index (κ1) is 19.7. The van der Waals surface area contributed by atoms with E-state index < -0.39 is 18.1 Å². The Morgan fingerprint density at radius 1 is 0.458 bits per heavy atom. The summed E-state index contributed by atoms with van der Waals surface area (Å²) in [6.07, 6.45) is 0. The monoisotopic (exact) mass is 621 g/mol. The normalized spacial score (nSPS) is 16.2. The van der Waals surface area contributed by atoms with Gasteiger partial charge in [0.15, 0.2) is 0 Å². The van der Waals surface area contributed by atoms with Crippen molar-refractivity contribution in [2.45, 2.75) is 19.3 Å². The van der Waals surface area contributed by atoms with Gasteiger partial charge >= 0.3 is 0 Å². The van der Waals surface area contributed by atoms with Crippen molar-refractivity contribution in [2.24, 2.45) is 0 Å². The summed E-state index contributed by atoms with van der Waals surface area (Å²) in [6, 6.07) is 30.6. The van der Waals surface area contributed by atoms with Gasteiger partial charge in [-0.2, -0.15) is 0 Å². The lowest BCUT2D eigenvalue weighted by Crippen LogP contribution is -2.15. The zero-order valence-electron chi connectivity index (χ0n) is 35.2. The minimum absolute atomic E-state index is 0.0954. The summed E-state index contributed by atoms with van der Waals surface area (Å²) < 4.78 is 85.3. The lowest BCUT2D eigenvalue weighted by molar-refractivity contribution is 0.487. The summed E-state index contributed by atoms with van der Waals surface area (Å²) in [5.74, 6) is 1.08. The first-order valence-electron chi connectivity index (χ1n) is 20.5. The van der Waals surface area contributed by atoms with Crippen molar-refractivity contribution in [1.82, 2.24) is 0 Å². The average Bonchev–Trinajstić information content (AvgIpc) is 3.43. The van der Waals surface area contributed by atoms with Crippen molar-refractivity contribution >= 4 is 21.5 Å². The summed E-state index contributed by atoms with van der Waals surface area (Å²) in [5.41, 5.74) is 7.73. The van der Waals surface area contributed by atoms with Gasteiger partial charge in [0.1, 0.15) is 11.5 Å². The lowest BCUT2D eigenvalue weighted by Gasteiger charge is -2.23. The molecule has 0 saturated carbocycles. The van der Waals surface area contributed by atoms with Crippen molar-refractivity contribution in [2.75, 3.05) is 0 Å². The first-order valence-corrected chi connectivity index (χ1v) is 16.0. The molecule has 1 aliphatic heterocycles. The number of ether oxygens (including phenoxy) is 1. The van der Waals surface area contributed by atoms with Crippen LogP contribution in [0.25, 0.3) is 77.2 Å². The van der Waals surface area contributed by atoms with Crippen LogP contribution in [0, 0.1) is 0 Å². The van der Waals surface area contributed by atoms with Crippen molar-refractivity contribution in [3.63, 3.8) is 0 Å². The molecule has 0 aromatic heterocycles. The van der Waals surface area contributed by atoms with E-state index in [1.54, 1.807) is 24.3 Å². The van der Waals surface area contributed by atoms with Crippen LogP contribution in [0.4, 0.5) is 0 Å². The van der Waals surface area contributed by atoms with Crippen LogP contribution in [0.1, 0.15) is 37.3 Å². The molecule has 0 saturated heterocycles. The highest BCUT2D eigenvalue weighted by molar-refractivity contribution is 6.10. The molecule has 2 aliphatic rings. The van der Waals surface area contributed by atoms with Crippen LogP contribution in [0.15, 0.2) is 158 Å². The van der Waals surface area contributed by atoms with Crippen LogP contribution in [-0.4, -0.2) is 0 Å². The molecule has 8 aromatic rings. The summed E-state index contributed by atoms with van der Waals surface area (Å²) in [6.45, 7) is 4.37. The van der Waals surface area contributed by atoms with Gasteiger partial charge in [-0.3, -0.25) is 0 Å². The van der Waals surface area contributed by atoms with Crippen molar-refractivity contribution in [3.8, 4) is 67.1 Å². The number of hydrogen-bond acceptors (Lipinski definition) is 1. The van der Waals surface area contributed by atoms with E-state index in [9.17, 15) is 5.48 Å². The van der Waals surface area contributed by atoms with Gasteiger partial charge in [0.25, 0.3) is 0 Å². The Bertz CT molecular complexity index is 3070. The van der Waals surface area contributed by atoms with E-state index in [4.69, 9.17) is 11.6 Å². The third kappa shape index (κ3) is 3.98. The molecule has 1 heterocycles. The van der Waals surface area contributed by atoms with Gasteiger partial charge in [0.05, 0.1) is 12.3 Å². The van der Waals surface area contributed by atoms with E-state index >= 15 is 0 Å². The highest BCUT2D eigenvalue weighted by Crippen LogP contribution is 2.52. The van der Waals surface area contributed by atoms with Crippen molar-refractivity contribution in [1.29, 1.82) is 0 Å². The predicted molar refractivity (Wildman–Crippen MR) is 201 cm³/mol. The summed E-state index contributed by atoms with van der Waals surface area (Å²) in [4.78, 5) is 0. The second kappa shape index (κ2) is 10.0. The van der Waals surface area contributed by atoms with Gasteiger partial charge in [-0.25, -0.2) is 0 Å². The summed E-state index contributed by atoms with van der Waals surface area (Å²) >= 11 is 0. The molecule has 8 aromatic carbocycles. The molecule has 48 heavy (non-hydrogen) atoms. The van der Waals surface area contributed by atoms with E-state index in [1.807, 2.05) is 54.6 Å². The van der Waals surface area contributed by atoms with E-state index in [0.717, 1.165) is 27.6 Å². The second-order valence-corrected chi connectivity index (χ2v) is 13.0. The topological polar surface area (TPSA) is 9.23 Å². The fourth-order valence-corrected chi connectivity index (χ4v) is 7.57. The molecule has 0 unspecified atom stereocenters. The Kier molecular flexibility index (Phi) is 4.11. The largest absolute Gasteiger partial charge is 0.456 e.